The average Bonchev–Trinajstić information content (AvgIpc) is 3.74. The van der Waals surface area contributed by atoms with Crippen LogP contribution in [0.1, 0.15) is 22.3 Å². The molecule has 0 saturated heterocycles. The molecule has 0 unspecified atom stereocenters. The first kappa shape index (κ1) is 29.8. The molecule has 0 N–H and O–H groups in total. The zero-order valence-corrected chi connectivity index (χ0v) is 28.3. The topological polar surface area (TPSA) is 35.6 Å². The van der Waals surface area contributed by atoms with Crippen LogP contribution < -0.4 is 0 Å². The second-order valence-corrected chi connectivity index (χ2v) is 13.0. The van der Waals surface area contributed by atoms with Gasteiger partial charge in [0.15, 0.2) is 0 Å². The van der Waals surface area contributed by atoms with E-state index in [1.54, 1.807) is 0 Å². The van der Waals surface area contributed by atoms with Crippen LogP contribution in [0.3, 0.4) is 0 Å². The van der Waals surface area contributed by atoms with Crippen molar-refractivity contribution in [3.05, 3.63) is 217 Å². The monoisotopic (exact) mass is 664 g/mol. The van der Waals surface area contributed by atoms with E-state index in [4.69, 9.17) is 9.97 Å². The number of nitrogens with zero attached hydrogens (tertiary/aromatic N) is 4. The molecule has 0 aliphatic heterocycles. The Bertz CT molecular complexity index is 2610. The van der Waals surface area contributed by atoms with Crippen molar-refractivity contribution in [1.82, 2.24) is 19.1 Å². The van der Waals surface area contributed by atoms with Crippen molar-refractivity contribution < 1.29 is 0 Å². The Morgan fingerprint density at radius 1 is 0.288 bits per heavy atom. The molecule has 4 aromatic heterocycles. The summed E-state index contributed by atoms with van der Waals surface area (Å²) in [7, 11) is 0. The third kappa shape index (κ3) is 4.84. The maximum atomic E-state index is 5.15. The van der Waals surface area contributed by atoms with Gasteiger partial charge in [-0.05, 0) is 70.8 Å². The van der Waals surface area contributed by atoms with E-state index in [0.29, 0.717) is 0 Å². The second-order valence-electron chi connectivity index (χ2n) is 13.0. The van der Waals surface area contributed by atoms with Crippen LogP contribution in [0, 0.1) is 0 Å². The molecule has 10 aromatic rings. The number of aromatic nitrogens is 4. The first-order chi connectivity index (χ1) is 25.8. The lowest BCUT2D eigenvalue weighted by Gasteiger charge is -2.18. The molecule has 4 heterocycles. The van der Waals surface area contributed by atoms with Crippen molar-refractivity contribution in [2.45, 2.75) is 0 Å². The lowest BCUT2D eigenvalue weighted by molar-refractivity contribution is 1.07. The van der Waals surface area contributed by atoms with Crippen LogP contribution in [-0.2, 0) is 0 Å². The standard InChI is InChI=1S/C48H32N4/c1-3-15-33(16-4-1)47(35-27-29-45(49-31-35)51-41-23-11-7-19-37(41)38-20-8-12-24-42(38)51)48(34-17-5-2-6-18-34)36-28-30-46(50-32-36)52-43-25-13-9-21-39(43)40-22-10-14-26-44(40)52/h1-32H. The Morgan fingerprint density at radius 2 is 0.596 bits per heavy atom. The lowest BCUT2D eigenvalue weighted by Crippen LogP contribution is -2.02. The van der Waals surface area contributed by atoms with Gasteiger partial charge < -0.3 is 0 Å². The normalized spacial score (nSPS) is 12.2. The summed E-state index contributed by atoms with van der Waals surface area (Å²) in [6, 6.07) is 64.1. The minimum atomic E-state index is 0.881. The van der Waals surface area contributed by atoms with Crippen LogP contribution in [0.2, 0.25) is 0 Å². The summed E-state index contributed by atoms with van der Waals surface area (Å²) in [5.41, 5.74) is 11.0. The van der Waals surface area contributed by atoms with Gasteiger partial charge in [-0.1, -0.05) is 133 Å². The molecule has 0 atom stereocenters. The summed E-state index contributed by atoms with van der Waals surface area (Å²) in [6.45, 7) is 0. The average molecular weight is 665 g/mol. The summed E-state index contributed by atoms with van der Waals surface area (Å²) >= 11 is 0. The molecule has 0 amide bonds. The molecule has 0 bridgehead atoms. The highest BCUT2D eigenvalue weighted by Gasteiger charge is 2.19. The van der Waals surface area contributed by atoms with Crippen LogP contribution in [0.15, 0.2) is 194 Å². The first-order valence-corrected chi connectivity index (χ1v) is 17.6. The molecular weight excluding hydrogens is 633 g/mol. The van der Waals surface area contributed by atoms with Gasteiger partial charge in [0.1, 0.15) is 11.6 Å². The van der Waals surface area contributed by atoms with Crippen molar-refractivity contribution in [1.29, 1.82) is 0 Å². The predicted octanol–water partition coefficient (Wildman–Crippen LogP) is 11.7. The smallest absolute Gasteiger partial charge is 0.137 e. The number of para-hydroxylation sites is 4. The minimum Gasteiger partial charge on any atom is -0.294 e. The molecule has 10 rings (SSSR count). The molecule has 0 aliphatic carbocycles. The van der Waals surface area contributed by atoms with Crippen molar-refractivity contribution in [2.75, 3.05) is 0 Å². The summed E-state index contributed by atoms with van der Waals surface area (Å²) in [5, 5.41) is 4.88. The first-order valence-electron chi connectivity index (χ1n) is 17.6. The summed E-state index contributed by atoms with van der Waals surface area (Å²) in [6.07, 6.45) is 4.04. The maximum Gasteiger partial charge on any atom is 0.137 e. The van der Waals surface area contributed by atoms with Crippen LogP contribution in [0.25, 0.3) is 66.4 Å². The summed E-state index contributed by atoms with van der Waals surface area (Å²) < 4.78 is 4.52. The van der Waals surface area contributed by atoms with E-state index in [2.05, 4.69) is 191 Å². The molecule has 244 valence electrons. The SMILES string of the molecule is c1ccc(C(=C(c2ccccc2)c2ccc(-n3c4ccccc4c4ccccc43)nc2)c2ccc(-n3c4ccccc4c4ccccc43)nc2)cc1. The van der Waals surface area contributed by atoms with Gasteiger partial charge in [0.25, 0.3) is 0 Å². The molecule has 0 saturated carbocycles. The number of benzene rings is 6. The van der Waals surface area contributed by atoms with E-state index in [0.717, 1.165) is 67.1 Å². The van der Waals surface area contributed by atoms with Gasteiger partial charge in [-0.25, -0.2) is 9.97 Å². The van der Waals surface area contributed by atoms with Crippen molar-refractivity contribution in [3.63, 3.8) is 0 Å². The molecule has 0 aliphatic rings. The van der Waals surface area contributed by atoms with E-state index in [-0.39, 0.29) is 0 Å². The summed E-state index contributed by atoms with van der Waals surface area (Å²) in [4.78, 5) is 10.3. The second kappa shape index (κ2) is 12.4. The largest absolute Gasteiger partial charge is 0.294 e. The van der Waals surface area contributed by atoms with Crippen LogP contribution in [-0.4, -0.2) is 19.1 Å². The summed E-state index contributed by atoms with van der Waals surface area (Å²) in [5.74, 6) is 1.76. The highest BCUT2D eigenvalue weighted by Crippen LogP contribution is 2.38. The van der Waals surface area contributed by atoms with Gasteiger partial charge in [-0.3, -0.25) is 9.13 Å². The molecule has 52 heavy (non-hydrogen) atoms. The Kier molecular flexibility index (Phi) is 7.10. The van der Waals surface area contributed by atoms with Crippen LogP contribution >= 0.6 is 0 Å². The third-order valence-electron chi connectivity index (χ3n) is 10.1. The molecule has 0 spiro atoms. The van der Waals surface area contributed by atoms with E-state index < -0.39 is 0 Å². The molecule has 4 heteroatoms. The van der Waals surface area contributed by atoms with Gasteiger partial charge in [0, 0.05) is 45.1 Å². The number of rotatable bonds is 6. The van der Waals surface area contributed by atoms with E-state index in [1.165, 1.54) is 21.5 Å². The van der Waals surface area contributed by atoms with E-state index in [9.17, 15) is 0 Å². The Balaban J connectivity index is 1.17. The van der Waals surface area contributed by atoms with Crippen molar-refractivity contribution >= 4 is 54.8 Å². The highest BCUT2D eigenvalue weighted by molar-refractivity contribution is 6.10. The van der Waals surface area contributed by atoms with Gasteiger partial charge in [0.2, 0.25) is 0 Å². The number of hydrogen-bond acceptors (Lipinski definition) is 2. The quantitative estimate of drug-likeness (QED) is 0.166. The van der Waals surface area contributed by atoms with Crippen molar-refractivity contribution in [2.24, 2.45) is 0 Å². The van der Waals surface area contributed by atoms with Crippen LogP contribution in [0.5, 0.6) is 0 Å². The number of fused-ring (bicyclic) bond motifs is 6. The molecule has 0 radical (unpaired) electrons. The highest BCUT2D eigenvalue weighted by atomic mass is 15.1. The third-order valence-corrected chi connectivity index (χ3v) is 10.1. The minimum absolute atomic E-state index is 0.881. The van der Waals surface area contributed by atoms with Gasteiger partial charge in [0.05, 0.1) is 22.1 Å². The lowest BCUT2D eigenvalue weighted by atomic mass is 9.87. The zero-order chi connectivity index (χ0) is 34.4. The molecule has 4 nitrogen and oxygen atoms in total. The predicted molar refractivity (Wildman–Crippen MR) is 215 cm³/mol. The molecule has 6 aromatic carbocycles. The van der Waals surface area contributed by atoms with E-state index in [1.807, 2.05) is 12.4 Å². The Morgan fingerprint density at radius 3 is 0.904 bits per heavy atom. The van der Waals surface area contributed by atoms with Gasteiger partial charge >= 0.3 is 0 Å². The fourth-order valence-corrected chi connectivity index (χ4v) is 7.79. The van der Waals surface area contributed by atoms with Crippen LogP contribution in [0.4, 0.5) is 0 Å². The van der Waals surface area contributed by atoms with E-state index >= 15 is 0 Å². The Hall–Kier alpha value is -7.04. The fourth-order valence-electron chi connectivity index (χ4n) is 7.79. The Labute approximate surface area is 301 Å². The van der Waals surface area contributed by atoms with Gasteiger partial charge in [-0.2, -0.15) is 0 Å². The van der Waals surface area contributed by atoms with Crippen molar-refractivity contribution in [3.8, 4) is 11.6 Å². The van der Waals surface area contributed by atoms with Gasteiger partial charge in [-0.15, -0.1) is 0 Å². The fraction of sp³-hybridized carbons (Fsp3) is 0. The zero-order valence-electron chi connectivity index (χ0n) is 28.3. The molecular formula is C48H32N4. The maximum absolute atomic E-state index is 5.15. The molecule has 0 fully saturated rings. The number of pyridine rings is 2. The number of hydrogen-bond donors (Lipinski definition) is 0.